The van der Waals surface area contributed by atoms with Crippen LogP contribution in [0.25, 0.3) is 33.4 Å². The van der Waals surface area contributed by atoms with Crippen LogP contribution in [0.2, 0.25) is 10.0 Å². The van der Waals surface area contributed by atoms with Crippen molar-refractivity contribution in [3.63, 3.8) is 0 Å². The lowest BCUT2D eigenvalue weighted by molar-refractivity contribution is -0.174. The Balaban J connectivity index is 1.73. The highest BCUT2D eigenvalue weighted by atomic mass is 35.5. The minimum absolute atomic E-state index is 0.0171. The van der Waals surface area contributed by atoms with Crippen LogP contribution in [0.4, 0.5) is 5.69 Å². The van der Waals surface area contributed by atoms with Gasteiger partial charge in [-0.2, -0.15) is 0 Å². The number of fused-ring (bicyclic) bond motifs is 2. The van der Waals surface area contributed by atoms with Gasteiger partial charge in [0.1, 0.15) is 42.5 Å². The number of rotatable bonds is 30. The molecule has 0 aromatic heterocycles. The van der Waals surface area contributed by atoms with E-state index >= 15 is 0 Å². The summed E-state index contributed by atoms with van der Waals surface area (Å²) in [6, 6.07) is 10.0. The minimum Gasteiger partial charge on any atom is -0.489 e. The second-order valence-electron chi connectivity index (χ2n) is 15.0. The van der Waals surface area contributed by atoms with Crippen LogP contribution < -0.4 is 19.8 Å². The SMILES string of the molecule is CC(=O)OCOCOC(=O)CN(CC(=O)OCOC(C)=O)c1ccc(-c2c3cc(Cl)c(=O)cc-3oc3cc(OCOC(C)=O)c(Cl)cc23)cc1OCCOCCN(CC(=O)OCOC(C)=O)CC(=O)OCOC(C)=O. The first-order chi connectivity index (χ1) is 35.7. The summed E-state index contributed by atoms with van der Waals surface area (Å²) in [5, 5.41) is 0.232. The van der Waals surface area contributed by atoms with Crippen molar-refractivity contribution in [2.45, 2.75) is 34.6 Å². The smallest absolute Gasteiger partial charge is 0.328 e. The van der Waals surface area contributed by atoms with E-state index in [1.165, 1.54) is 53.1 Å². The summed E-state index contributed by atoms with van der Waals surface area (Å²) in [5.41, 5.74) is 0.692. The number of ether oxygens (including phenoxy) is 13. The Morgan fingerprint density at radius 2 is 1.03 bits per heavy atom. The molecule has 2 aromatic carbocycles. The predicted molar refractivity (Wildman–Crippen MR) is 254 cm³/mol. The lowest BCUT2D eigenvalue weighted by Crippen LogP contribution is -2.38. The lowest BCUT2D eigenvalue weighted by atomic mass is 9.93. The zero-order valence-electron chi connectivity index (χ0n) is 40.9. The molecule has 28 heteroatoms. The highest BCUT2D eigenvalue weighted by Crippen LogP contribution is 2.45. The third-order valence-corrected chi connectivity index (χ3v) is 9.96. The first-order valence-electron chi connectivity index (χ1n) is 21.9. The van der Waals surface area contributed by atoms with Gasteiger partial charge >= 0.3 is 53.7 Å². The van der Waals surface area contributed by atoms with Crippen LogP contribution >= 0.6 is 23.2 Å². The zero-order chi connectivity index (χ0) is 55.0. The second-order valence-corrected chi connectivity index (χ2v) is 15.9. The summed E-state index contributed by atoms with van der Waals surface area (Å²) in [4.78, 5) is 123. The van der Waals surface area contributed by atoms with Crippen molar-refractivity contribution in [3.05, 3.63) is 62.7 Å². The van der Waals surface area contributed by atoms with Crippen molar-refractivity contribution in [1.82, 2.24) is 4.90 Å². The largest absolute Gasteiger partial charge is 0.489 e. The topological polar surface area (TPSA) is 310 Å². The van der Waals surface area contributed by atoms with Crippen LogP contribution in [0.1, 0.15) is 34.6 Å². The Bertz CT molecular complexity index is 2690. The summed E-state index contributed by atoms with van der Waals surface area (Å²) >= 11 is 13.1. The van der Waals surface area contributed by atoms with Gasteiger partial charge in [0.25, 0.3) is 0 Å². The first-order valence-corrected chi connectivity index (χ1v) is 22.7. The van der Waals surface area contributed by atoms with Crippen LogP contribution in [-0.2, 0) is 95.3 Å². The van der Waals surface area contributed by atoms with Crippen molar-refractivity contribution < 1.29 is 109 Å². The number of carbonyl (C=O) groups excluding carboxylic acids is 9. The van der Waals surface area contributed by atoms with Crippen molar-refractivity contribution in [1.29, 1.82) is 0 Å². The Morgan fingerprint density at radius 1 is 0.507 bits per heavy atom. The van der Waals surface area contributed by atoms with Gasteiger partial charge in [-0.15, -0.1) is 0 Å². The summed E-state index contributed by atoms with van der Waals surface area (Å²) < 4.78 is 72.4. The van der Waals surface area contributed by atoms with Gasteiger partial charge in [0.15, 0.2) is 13.6 Å². The molecule has 0 atom stereocenters. The van der Waals surface area contributed by atoms with Crippen molar-refractivity contribution in [2.75, 3.05) is 98.2 Å². The van der Waals surface area contributed by atoms with Gasteiger partial charge in [-0.1, -0.05) is 29.3 Å². The van der Waals surface area contributed by atoms with Crippen molar-refractivity contribution in [2.24, 2.45) is 0 Å². The van der Waals surface area contributed by atoms with Gasteiger partial charge in [0, 0.05) is 69.8 Å². The molecule has 1 heterocycles. The van der Waals surface area contributed by atoms with Crippen LogP contribution in [0.15, 0.2) is 51.7 Å². The van der Waals surface area contributed by atoms with Crippen molar-refractivity contribution in [3.8, 4) is 33.9 Å². The van der Waals surface area contributed by atoms with E-state index in [1.807, 2.05) is 0 Å². The molecule has 0 spiro atoms. The van der Waals surface area contributed by atoms with E-state index in [-0.39, 0.29) is 64.9 Å². The molecule has 0 radical (unpaired) electrons. The molecule has 0 saturated heterocycles. The molecule has 0 fully saturated rings. The average molecular weight is 1100 g/mol. The molecule has 1 aliphatic heterocycles. The average Bonchev–Trinajstić information content (AvgIpc) is 3.31. The third-order valence-electron chi connectivity index (χ3n) is 9.37. The van der Waals surface area contributed by atoms with Crippen molar-refractivity contribution >= 4 is 93.6 Å². The molecule has 406 valence electrons. The van der Waals surface area contributed by atoms with E-state index in [2.05, 4.69) is 14.2 Å². The Labute approximate surface area is 435 Å². The van der Waals surface area contributed by atoms with Gasteiger partial charge in [-0.25, -0.2) is 0 Å². The molecular formula is C47H50Cl2N2O24. The Morgan fingerprint density at radius 3 is 1.60 bits per heavy atom. The first kappa shape index (κ1) is 59.8. The summed E-state index contributed by atoms with van der Waals surface area (Å²) in [6.45, 7) is -1.17. The number of hydrogen-bond acceptors (Lipinski definition) is 26. The monoisotopic (exact) mass is 1100 g/mol. The van der Waals surface area contributed by atoms with E-state index < -0.39 is 126 Å². The molecule has 0 bridgehead atoms. The highest BCUT2D eigenvalue weighted by molar-refractivity contribution is 6.33. The molecule has 1 aliphatic carbocycles. The van der Waals surface area contributed by atoms with Crippen LogP contribution in [-0.4, -0.2) is 152 Å². The molecule has 2 aliphatic rings. The van der Waals surface area contributed by atoms with E-state index in [0.717, 1.165) is 27.7 Å². The normalized spacial score (nSPS) is 10.8. The fourth-order valence-corrected chi connectivity index (χ4v) is 6.53. The summed E-state index contributed by atoms with van der Waals surface area (Å²) in [5.74, 6) is -7.01. The van der Waals surface area contributed by atoms with E-state index in [4.69, 9.17) is 75.0 Å². The fraction of sp³-hybridized carbons (Fsp3) is 0.404. The third kappa shape index (κ3) is 20.9. The molecule has 0 unspecified atom stereocenters. The van der Waals surface area contributed by atoms with Gasteiger partial charge in [0.2, 0.25) is 32.6 Å². The molecule has 0 amide bonds. The molecule has 2 aromatic rings. The predicted octanol–water partition coefficient (Wildman–Crippen LogP) is 3.50. The van der Waals surface area contributed by atoms with Gasteiger partial charge in [0.05, 0.1) is 42.0 Å². The Hall–Kier alpha value is -7.78. The number of nitrogens with zero attached hydrogens (tertiary/aromatic N) is 2. The van der Waals surface area contributed by atoms with Crippen LogP contribution in [0.5, 0.6) is 11.5 Å². The molecule has 0 saturated carbocycles. The number of anilines is 1. The quantitative estimate of drug-likeness (QED) is 0.0237. The maximum atomic E-state index is 13.3. The Kier molecular flexibility index (Phi) is 24.3. The molecule has 26 nitrogen and oxygen atoms in total. The van der Waals surface area contributed by atoms with E-state index in [0.29, 0.717) is 22.1 Å². The fourth-order valence-electron chi connectivity index (χ4n) is 6.14. The molecular weight excluding hydrogens is 1050 g/mol. The molecule has 75 heavy (non-hydrogen) atoms. The van der Waals surface area contributed by atoms with Gasteiger partial charge in [-0.3, -0.25) is 52.8 Å². The highest BCUT2D eigenvalue weighted by Gasteiger charge is 2.26. The van der Waals surface area contributed by atoms with E-state index in [1.54, 1.807) is 6.07 Å². The number of carbonyl (C=O) groups is 9. The lowest BCUT2D eigenvalue weighted by Gasteiger charge is -2.26. The van der Waals surface area contributed by atoms with E-state index in [9.17, 15) is 47.9 Å². The van der Waals surface area contributed by atoms with Gasteiger partial charge < -0.3 is 70.9 Å². The summed E-state index contributed by atoms with van der Waals surface area (Å²) in [6.07, 6.45) is 0. The number of esters is 9. The number of benzene rings is 3. The maximum Gasteiger partial charge on any atom is 0.328 e. The standard InChI is InChI=1S/C47H50Cl2N2O24/c1-27(52)65-21-63-22-71-45(60)19-51(20-46(61)74-26-69-31(5)56)37-7-6-32(47-33-13-35(48)38(57)15-39(33)75-40-16-41(36(49)14-34(40)47)70-23-66-28(2)53)12-42(37)64-11-10-62-9-8-50(17-43(58)72-24-67-29(3)54)18-44(59)73-25-68-30(4)55/h6-7,12-16H,8-11,17-26H2,1-5H3. The minimum atomic E-state index is -0.977. The summed E-state index contributed by atoms with van der Waals surface area (Å²) in [7, 11) is 0. The maximum absolute atomic E-state index is 13.3. The second kappa shape index (κ2) is 30.4. The number of hydrogen-bond donors (Lipinski definition) is 0. The van der Waals surface area contributed by atoms with Crippen LogP contribution in [0, 0.1) is 0 Å². The number of halogens is 2. The molecule has 4 rings (SSSR count). The van der Waals surface area contributed by atoms with Gasteiger partial charge in [-0.05, 0) is 29.8 Å². The zero-order valence-corrected chi connectivity index (χ0v) is 42.4. The van der Waals surface area contributed by atoms with Crippen LogP contribution in [0.3, 0.4) is 0 Å². The molecule has 0 N–H and O–H groups in total.